The summed E-state index contributed by atoms with van der Waals surface area (Å²) in [6, 6.07) is 16.3. The maximum Gasteiger partial charge on any atom is 0.213 e. The van der Waals surface area contributed by atoms with Crippen LogP contribution in [0.25, 0.3) is 28.2 Å². The van der Waals surface area contributed by atoms with Gasteiger partial charge in [-0.05, 0) is 54.7 Å². The Morgan fingerprint density at radius 3 is 2.65 bits per heavy atom. The van der Waals surface area contributed by atoms with Crippen molar-refractivity contribution in [2.24, 2.45) is 0 Å². The molecule has 1 saturated carbocycles. The molecule has 5 nitrogen and oxygen atoms in total. The molecule has 0 aliphatic heterocycles. The first-order valence-electron chi connectivity index (χ1n) is 8.78. The van der Waals surface area contributed by atoms with E-state index in [1.807, 2.05) is 30.3 Å². The predicted molar refractivity (Wildman–Crippen MR) is 101 cm³/mol. The highest BCUT2D eigenvalue weighted by Crippen LogP contribution is 2.41. The Labute approximate surface area is 151 Å². The first-order valence-corrected chi connectivity index (χ1v) is 8.78. The summed E-state index contributed by atoms with van der Waals surface area (Å²) in [6.07, 6.45) is 6.16. The highest BCUT2D eigenvalue weighted by atomic mass is 16.5. The van der Waals surface area contributed by atoms with Gasteiger partial charge < -0.3 is 4.74 Å². The summed E-state index contributed by atoms with van der Waals surface area (Å²) in [7, 11) is 1.62. The van der Waals surface area contributed by atoms with Gasteiger partial charge in [0.05, 0.1) is 30.0 Å². The van der Waals surface area contributed by atoms with Crippen LogP contribution in [0.5, 0.6) is 5.88 Å². The van der Waals surface area contributed by atoms with Gasteiger partial charge in [-0.25, -0.2) is 9.97 Å². The summed E-state index contributed by atoms with van der Waals surface area (Å²) in [5.41, 5.74) is 5.20. The largest absolute Gasteiger partial charge is 0.481 e. The number of fused-ring (bicyclic) bond motifs is 1. The van der Waals surface area contributed by atoms with Crippen molar-refractivity contribution in [2.45, 2.75) is 18.8 Å². The number of nitrogens with zero attached hydrogens (tertiary/aromatic N) is 4. The molecular weight excluding hydrogens is 324 g/mol. The molecule has 26 heavy (non-hydrogen) atoms. The van der Waals surface area contributed by atoms with E-state index in [0.717, 1.165) is 28.2 Å². The number of ether oxygens (including phenoxy) is 1. The molecule has 5 rings (SSSR count). The van der Waals surface area contributed by atoms with E-state index >= 15 is 0 Å². The van der Waals surface area contributed by atoms with Crippen molar-refractivity contribution < 1.29 is 4.74 Å². The minimum atomic E-state index is 0.591. The van der Waals surface area contributed by atoms with Crippen molar-refractivity contribution in [3.05, 3.63) is 66.5 Å². The van der Waals surface area contributed by atoms with Gasteiger partial charge in [-0.3, -0.25) is 9.55 Å². The summed E-state index contributed by atoms with van der Waals surface area (Å²) in [5.74, 6) is 2.11. The molecule has 0 unspecified atom stereocenters. The number of hydrogen-bond acceptors (Lipinski definition) is 4. The molecule has 1 aromatic carbocycles. The lowest BCUT2D eigenvalue weighted by Crippen LogP contribution is -2.00. The fourth-order valence-corrected chi connectivity index (χ4v) is 3.32. The maximum absolute atomic E-state index is 5.19. The summed E-state index contributed by atoms with van der Waals surface area (Å²) in [4.78, 5) is 13.8. The molecule has 4 aromatic rings. The third kappa shape index (κ3) is 2.52. The van der Waals surface area contributed by atoms with Crippen molar-refractivity contribution in [3.63, 3.8) is 0 Å². The zero-order valence-electron chi connectivity index (χ0n) is 14.5. The van der Waals surface area contributed by atoms with Gasteiger partial charge in [-0.2, -0.15) is 0 Å². The number of hydrogen-bond donors (Lipinski definition) is 0. The second-order valence-corrected chi connectivity index (χ2v) is 6.57. The second kappa shape index (κ2) is 5.95. The summed E-state index contributed by atoms with van der Waals surface area (Å²) < 4.78 is 7.30. The van der Waals surface area contributed by atoms with E-state index in [9.17, 15) is 0 Å². The van der Waals surface area contributed by atoms with Crippen LogP contribution in [-0.4, -0.2) is 26.6 Å². The number of pyridine rings is 2. The molecule has 1 fully saturated rings. The topological polar surface area (TPSA) is 52.8 Å². The van der Waals surface area contributed by atoms with Crippen LogP contribution in [0.3, 0.4) is 0 Å². The first kappa shape index (κ1) is 15.1. The first-order chi connectivity index (χ1) is 12.8. The molecule has 0 radical (unpaired) electrons. The Kier molecular flexibility index (Phi) is 3.45. The molecule has 0 saturated heterocycles. The Bertz CT molecular complexity index is 1070. The molecule has 0 spiro atoms. The highest BCUT2D eigenvalue weighted by Gasteiger charge is 2.24. The van der Waals surface area contributed by atoms with Gasteiger partial charge in [0, 0.05) is 12.3 Å². The van der Waals surface area contributed by atoms with Gasteiger partial charge in [0.25, 0.3) is 0 Å². The minimum Gasteiger partial charge on any atom is -0.481 e. The Hall–Kier alpha value is -3.21. The van der Waals surface area contributed by atoms with Gasteiger partial charge in [-0.1, -0.05) is 12.1 Å². The Morgan fingerprint density at radius 2 is 1.96 bits per heavy atom. The van der Waals surface area contributed by atoms with Crippen molar-refractivity contribution in [1.82, 2.24) is 19.5 Å². The third-order valence-electron chi connectivity index (χ3n) is 4.81. The van der Waals surface area contributed by atoms with Crippen LogP contribution in [0.4, 0.5) is 0 Å². The molecule has 0 atom stereocenters. The van der Waals surface area contributed by atoms with Crippen molar-refractivity contribution in [2.75, 3.05) is 7.11 Å². The molecule has 0 bridgehead atoms. The van der Waals surface area contributed by atoms with Gasteiger partial charge in [0.15, 0.2) is 5.82 Å². The molecule has 0 N–H and O–H groups in total. The average Bonchev–Trinajstić information content (AvgIpc) is 3.49. The quantitative estimate of drug-likeness (QED) is 0.553. The lowest BCUT2D eigenvalue weighted by atomic mass is 10.1. The Balaban J connectivity index is 1.74. The monoisotopic (exact) mass is 342 g/mol. The SMILES string of the molecule is COc1ccc(-n2c(-c3ccccn3)nc3cc(C4CC4)ccc32)cn1. The molecule has 5 heteroatoms. The summed E-state index contributed by atoms with van der Waals surface area (Å²) in [5, 5.41) is 0. The number of imidazole rings is 1. The lowest BCUT2D eigenvalue weighted by Gasteiger charge is -2.09. The van der Waals surface area contributed by atoms with E-state index in [4.69, 9.17) is 9.72 Å². The number of aromatic nitrogens is 4. The standard InChI is InChI=1S/C21H18N4O/c1-26-20-10-8-16(13-23-20)25-19-9-7-15(14-5-6-14)12-18(19)24-21(25)17-4-2-3-11-22-17/h2-4,7-14H,5-6H2,1H3. The molecule has 3 aromatic heterocycles. The molecule has 128 valence electrons. The second-order valence-electron chi connectivity index (χ2n) is 6.57. The highest BCUT2D eigenvalue weighted by molar-refractivity contribution is 5.83. The predicted octanol–water partition coefficient (Wildman–Crippen LogP) is 4.37. The molecule has 1 aliphatic rings. The van der Waals surface area contributed by atoms with Crippen LogP contribution in [0.1, 0.15) is 24.3 Å². The fourth-order valence-electron chi connectivity index (χ4n) is 3.32. The molecule has 3 heterocycles. The zero-order chi connectivity index (χ0) is 17.5. The van der Waals surface area contributed by atoms with Crippen LogP contribution >= 0.6 is 0 Å². The van der Waals surface area contributed by atoms with Crippen molar-refractivity contribution >= 4 is 11.0 Å². The molecular formula is C21H18N4O. The van der Waals surface area contributed by atoms with Crippen LogP contribution in [0.2, 0.25) is 0 Å². The van der Waals surface area contributed by atoms with Gasteiger partial charge >= 0.3 is 0 Å². The normalized spacial score (nSPS) is 13.9. The Morgan fingerprint density at radius 1 is 1.04 bits per heavy atom. The van der Waals surface area contributed by atoms with Crippen LogP contribution in [0, 0.1) is 0 Å². The van der Waals surface area contributed by atoms with Crippen molar-refractivity contribution in [1.29, 1.82) is 0 Å². The van der Waals surface area contributed by atoms with E-state index in [2.05, 4.69) is 32.7 Å². The molecule has 1 aliphatic carbocycles. The van der Waals surface area contributed by atoms with E-state index < -0.39 is 0 Å². The number of methoxy groups -OCH3 is 1. The van der Waals surface area contributed by atoms with E-state index in [0.29, 0.717) is 11.8 Å². The van der Waals surface area contributed by atoms with Gasteiger partial charge in [-0.15, -0.1) is 0 Å². The summed E-state index contributed by atoms with van der Waals surface area (Å²) in [6.45, 7) is 0. The average molecular weight is 342 g/mol. The van der Waals surface area contributed by atoms with Gasteiger partial charge in [0.1, 0.15) is 5.69 Å². The number of rotatable bonds is 4. The number of benzene rings is 1. The van der Waals surface area contributed by atoms with E-state index in [1.165, 1.54) is 18.4 Å². The van der Waals surface area contributed by atoms with Crippen LogP contribution in [0.15, 0.2) is 60.9 Å². The fraction of sp³-hybridized carbons (Fsp3) is 0.190. The maximum atomic E-state index is 5.19. The molecule has 0 amide bonds. The van der Waals surface area contributed by atoms with Crippen LogP contribution < -0.4 is 4.74 Å². The van der Waals surface area contributed by atoms with Crippen molar-refractivity contribution in [3.8, 4) is 23.1 Å². The smallest absolute Gasteiger partial charge is 0.213 e. The zero-order valence-corrected chi connectivity index (χ0v) is 14.5. The van der Waals surface area contributed by atoms with E-state index in [1.54, 1.807) is 19.5 Å². The minimum absolute atomic E-state index is 0.591. The lowest BCUT2D eigenvalue weighted by molar-refractivity contribution is 0.398. The van der Waals surface area contributed by atoms with E-state index in [-0.39, 0.29) is 0 Å². The summed E-state index contributed by atoms with van der Waals surface area (Å²) >= 11 is 0. The third-order valence-corrected chi connectivity index (χ3v) is 4.81. The van der Waals surface area contributed by atoms with Crippen LogP contribution in [-0.2, 0) is 0 Å². The van der Waals surface area contributed by atoms with Gasteiger partial charge in [0.2, 0.25) is 5.88 Å².